The van der Waals surface area contributed by atoms with Gasteiger partial charge in [0.15, 0.2) is 0 Å². The molecule has 5 rings (SSSR count). The second-order valence-corrected chi connectivity index (χ2v) is 10.6. The van der Waals surface area contributed by atoms with Crippen LogP contribution in [0.15, 0.2) is 29.1 Å². The molecular weight excluding hydrogens is 495 g/mol. The topological polar surface area (TPSA) is 53.5 Å². The molecule has 2 fully saturated rings. The van der Waals surface area contributed by atoms with Gasteiger partial charge in [-0.3, -0.25) is 9.59 Å². The fraction of sp³-hybridized carbons (Fsp3) is 0.409. The maximum absolute atomic E-state index is 13.0. The van der Waals surface area contributed by atoms with E-state index in [0.717, 1.165) is 36.3 Å². The summed E-state index contributed by atoms with van der Waals surface area (Å²) in [5, 5.41) is 2.44. The van der Waals surface area contributed by atoms with Crippen LogP contribution in [0, 0.1) is 11.8 Å². The summed E-state index contributed by atoms with van der Waals surface area (Å²) in [4.78, 5) is 33.3. The van der Waals surface area contributed by atoms with Crippen molar-refractivity contribution in [1.29, 1.82) is 0 Å². The highest BCUT2D eigenvalue weighted by Crippen LogP contribution is 2.41. The minimum atomic E-state index is -4.44. The van der Waals surface area contributed by atoms with Crippen LogP contribution in [0.4, 0.5) is 13.2 Å². The zero-order valence-corrected chi connectivity index (χ0v) is 19.7. The highest BCUT2D eigenvalue weighted by molar-refractivity contribution is 7.21. The molecule has 0 spiro atoms. The lowest BCUT2D eigenvalue weighted by molar-refractivity contribution is -0.137. The highest BCUT2D eigenvalue weighted by Gasteiger charge is 2.39. The number of alkyl halides is 3. The van der Waals surface area contributed by atoms with Crippen molar-refractivity contribution in [1.82, 2.24) is 14.8 Å². The van der Waals surface area contributed by atoms with Crippen molar-refractivity contribution in [2.75, 3.05) is 26.2 Å². The van der Waals surface area contributed by atoms with Crippen molar-refractivity contribution in [3.63, 3.8) is 0 Å². The third-order valence-corrected chi connectivity index (χ3v) is 8.72. The Morgan fingerprint density at radius 1 is 1.06 bits per heavy atom. The summed E-state index contributed by atoms with van der Waals surface area (Å²) in [6, 6.07) is 3.36. The van der Waals surface area contributed by atoms with Crippen LogP contribution in [0.2, 0.25) is 5.02 Å². The second-order valence-electron chi connectivity index (χ2n) is 8.43. The third-order valence-electron chi connectivity index (χ3n) is 6.49. The maximum Gasteiger partial charge on any atom is 0.416 e. The Labute approximate surface area is 200 Å². The van der Waals surface area contributed by atoms with Gasteiger partial charge in [0.2, 0.25) is 0 Å². The molecule has 0 N–H and O–H groups in total. The summed E-state index contributed by atoms with van der Waals surface area (Å²) in [5.41, 5.74) is 1.38. The molecule has 0 radical (unpaired) electrons. The molecule has 0 bridgehead atoms. The zero-order valence-electron chi connectivity index (χ0n) is 17.3. The van der Waals surface area contributed by atoms with Gasteiger partial charge >= 0.3 is 6.18 Å². The van der Waals surface area contributed by atoms with Gasteiger partial charge in [0.1, 0.15) is 10.6 Å². The number of carbonyl (C=O) groups is 2. The van der Waals surface area contributed by atoms with Crippen LogP contribution < -0.4 is 0 Å². The van der Waals surface area contributed by atoms with Gasteiger partial charge in [-0.1, -0.05) is 17.7 Å². The first kappa shape index (κ1) is 22.6. The largest absolute Gasteiger partial charge is 0.416 e. The van der Waals surface area contributed by atoms with E-state index in [1.54, 1.807) is 15.8 Å². The average molecular weight is 514 g/mol. The molecular formula is C22H19ClF3N3O2S2. The molecule has 2 aliphatic rings. The summed E-state index contributed by atoms with van der Waals surface area (Å²) >= 11 is 8.76. The van der Waals surface area contributed by atoms with Gasteiger partial charge in [-0.15, -0.1) is 22.7 Å². The number of nitrogens with zero attached hydrogens (tertiary/aromatic N) is 3. The Bertz CT molecular complexity index is 1200. The minimum Gasteiger partial charge on any atom is -0.337 e. The van der Waals surface area contributed by atoms with Crippen LogP contribution in [0.5, 0.6) is 0 Å². The van der Waals surface area contributed by atoms with Gasteiger partial charge in [-0.2, -0.15) is 13.2 Å². The van der Waals surface area contributed by atoms with E-state index in [4.69, 9.17) is 11.6 Å². The van der Waals surface area contributed by atoms with Crippen molar-refractivity contribution in [3.8, 4) is 0 Å². The monoisotopic (exact) mass is 513 g/mol. The zero-order chi connectivity index (χ0) is 23.3. The van der Waals surface area contributed by atoms with Crippen LogP contribution in [0.1, 0.15) is 38.6 Å². The number of thiazole rings is 1. The lowest BCUT2D eigenvalue weighted by atomic mass is 9.79. The Hall–Kier alpha value is -2.17. The van der Waals surface area contributed by atoms with E-state index in [2.05, 4.69) is 4.98 Å². The van der Waals surface area contributed by atoms with E-state index in [1.165, 1.54) is 17.4 Å². The summed E-state index contributed by atoms with van der Waals surface area (Å²) in [7, 11) is 0. The number of halogens is 4. The predicted molar refractivity (Wildman–Crippen MR) is 122 cm³/mol. The first-order chi connectivity index (χ1) is 15.7. The number of benzene rings is 1. The number of hydrogen-bond donors (Lipinski definition) is 0. The average Bonchev–Trinajstić information content (AvgIpc) is 3.40. The smallest absolute Gasteiger partial charge is 0.337 e. The van der Waals surface area contributed by atoms with E-state index < -0.39 is 11.7 Å². The normalized spacial score (nSPS) is 18.1. The molecule has 5 nitrogen and oxygen atoms in total. The number of piperidine rings is 1. The summed E-state index contributed by atoms with van der Waals surface area (Å²) in [5.74, 6) is 0.520. The van der Waals surface area contributed by atoms with Crippen molar-refractivity contribution < 1.29 is 22.8 Å². The Morgan fingerprint density at radius 3 is 2.42 bits per heavy atom. The molecule has 174 valence electrons. The van der Waals surface area contributed by atoms with Crippen LogP contribution in [0.3, 0.4) is 0 Å². The first-order valence-electron chi connectivity index (χ1n) is 10.5. The third kappa shape index (κ3) is 4.24. The molecule has 0 unspecified atom stereocenters. The number of likely N-dealkylation sites (tertiary alicyclic amines) is 2. The van der Waals surface area contributed by atoms with Gasteiger partial charge < -0.3 is 9.80 Å². The molecule has 0 atom stereocenters. The van der Waals surface area contributed by atoms with Crippen LogP contribution >= 0.6 is 34.3 Å². The molecule has 2 saturated heterocycles. The molecule has 2 aliphatic heterocycles. The standard InChI is InChI=1S/C22H19ClF3N3O2S2/c23-18-15-2-1-14(22(24,25)26)7-17(15)33-19(18)21(31)29-8-13(9-29)12-3-5-28(6-4-12)20(30)16-10-32-11-27-16/h1-2,7,10-13H,3-6,8-9H2. The number of carbonyl (C=O) groups excluding carboxylic acids is 2. The van der Waals surface area contributed by atoms with Crippen molar-refractivity contribution in [2.24, 2.45) is 11.8 Å². The number of aromatic nitrogens is 1. The first-order valence-corrected chi connectivity index (χ1v) is 12.6. The van der Waals surface area contributed by atoms with Gasteiger partial charge in [0.05, 0.1) is 16.1 Å². The van der Waals surface area contributed by atoms with Gasteiger partial charge in [0.25, 0.3) is 11.8 Å². The Kier molecular flexibility index (Phi) is 5.86. The van der Waals surface area contributed by atoms with E-state index in [-0.39, 0.29) is 21.7 Å². The molecule has 11 heteroatoms. The Balaban J connectivity index is 1.19. The van der Waals surface area contributed by atoms with E-state index >= 15 is 0 Å². The molecule has 3 aromatic rings. The summed E-state index contributed by atoms with van der Waals surface area (Å²) in [6.07, 6.45) is -2.68. The van der Waals surface area contributed by atoms with Crippen molar-refractivity contribution in [2.45, 2.75) is 19.0 Å². The van der Waals surface area contributed by atoms with E-state index in [1.807, 2.05) is 4.90 Å². The molecule has 2 aromatic heterocycles. The van der Waals surface area contributed by atoms with Crippen LogP contribution in [-0.2, 0) is 6.18 Å². The number of amides is 2. The Morgan fingerprint density at radius 2 is 1.79 bits per heavy atom. The molecule has 0 aliphatic carbocycles. The van der Waals surface area contributed by atoms with E-state index in [0.29, 0.717) is 53.8 Å². The molecule has 1 aromatic carbocycles. The molecule has 0 saturated carbocycles. The highest BCUT2D eigenvalue weighted by atomic mass is 35.5. The lowest BCUT2D eigenvalue weighted by Crippen LogP contribution is -2.54. The second kappa shape index (κ2) is 8.56. The van der Waals surface area contributed by atoms with Gasteiger partial charge in [-0.05, 0) is 36.8 Å². The lowest BCUT2D eigenvalue weighted by Gasteiger charge is -2.46. The van der Waals surface area contributed by atoms with Crippen molar-refractivity contribution >= 4 is 56.2 Å². The fourth-order valence-electron chi connectivity index (χ4n) is 4.55. The SMILES string of the molecule is O=C(c1cscn1)N1CCC(C2CN(C(=O)c3sc4cc(C(F)(F)F)ccc4c3Cl)C2)CC1. The van der Waals surface area contributed by atoms with Crippen molar-refractivity contribution in [3.05, 3.63) is 50.2 Å². The number of rotatable bonds is 3. The quantitative estimate of drug-likeness (QED) is 0.454. The van der Waals surface area contributed by atoms with Gasteiger partial charge in [-0.25, -0.2) is 4.98 Å². The van der Waals surface area contributed by atoms with Crippen LogP contribution in [-0.4, -0.2) is 52.8 Å². The molecule has 33 heavy (non-hydrogen) atoms. The summed E-state index contributed by atoms with van der Waals surface area (Å²) in [6.45, 7) is 2.55. The number of thiophene rings is 1. The number of hydrogen-bond acceptors (Lipinski definition) is 5. The van der Waals surface area contributed by atoms with E-state index in [9.17, 15) is 22.8 Å². The molecule has 4 heterocycles. The predicted octanol–water partition coefficient (Wildman–Crippen LogP) is 5.65. The number of fused-ring (bicyclic) bond motifs is 1. The van der Waals surface area contributed by atoms with Crippen LogP contribution in [0.25, 0.3) is 10.1 Å². The maximum atomic E-state index is 13.0. The van der Waals surface area contributed by atoms with Gasteiger partial charge in [0, 0.05) is 41.6 Å². The summed E-state index contributed by atoms with van der Waals surface area (Å²) < 4.78 is 39.4. The minimum absolute atomic E-state index is 0.0341. The fourth-order valence-corrected chi connectivity index (χ4v) is 6.60. The molecule has 2 amide bonds.